The van der Waals surface area contributed by atoms with E-state index in [-0.39, 0.29) is 18.4 Å². The second-order valence-corrected chi connectivity index (χ2v) is 6.12. The van der Waals surface area contributed by atoms with E-state index in [1.54, 1.807) is 0 Å². The fourth-order valence-electron chi connectivity index (χ4n) is 2.30. The Hall–Kier alpha value is -1.43. The highest BCUT2D eigenvalue weighted by Gasteiger charge is 2.46. The van der Waals surface area contributed by atoms with Gasteiger partial charge in [0.15, 0.2) is 0 Å². The largest absolute Gasteiger partial charge is 0.481 e. The number of amides is 1. The zero-order chi connectivity index (χ0) is 14.0. The van der Waals surface area contributed by atoms with E-state index in [9.17, 15) is 14.7 Å². The van der Waals surface area contributed by atoms with Crippen molar-refractivity contribution in [2.45, 2.75) is 45.6 Å². The quantitative estimate of drug-likeness (QED) is 0.868. The maximum atomic E-state index is 11.9. The van der Waals surface area contributed by atoms with Crippen LogP contribution in [0, 0.1) is 12.3 Å². The lowest BCUT2D eigenvalue weighted by molar-refractivity contribution is -0.157. The van der Waals surface area contributed by atoms with Gasteiger partial charge in [-0.1, -0.05) is 6.42 Å². The summed E-state index contributed by atoms with van der Waals surface area (Å²) in [5.74, 6) is -1.06. The molecule has 104 valence electrons. The van der Waals surface area contributed by atoms with Crippen LogP contribution in [0.3, 0.4) is 0 Å². The van der Waals surface area contributed by atoms with E-state index in [0.717, 1.165) is 17.1 Å². The average Bonchev–Trinajstić information content (AvgIpc) is 2.69. The van der Waals surface area contributed by atoms with Gasteiger partial charge in [-0.2, -0.15) is 0 Å². The van der Waals surface area contributed by atoms with Crippen molar-refractivity contribution in [3.05, 3.63) is 16.1 Å². The number of aryl methyl sites for hydroxylation is 1. The van der Waals surface area contributed by atoms with Gasteiger partial charge >= 0.3 is 5.97 Å². The second kappa shape index (κ2) is 5.28. The molecule has 1 atom stereocenters. The van der Waals surface area contributed by atoms with Crippen molar-refractivity contribution in [2.75, 3.05) is 0 Å². The SMILES string of the molecule is Cc1csc(C(C)NC(=O)CC2(C(=O)O)CCC2)n1. The first kappa shape index (κ1) is 14.0. The Bertz CT molecular complexity index is 494. The number of carboxylic acids is 1. The molecule has 1 heterocycles. The van der Waals surface area contributed by atoms with Crippen molar-refractivity contribution in [3.8, 4) is 0 Å². The van der Waals surface area contributed by atoms with E-state index in [0.29, 0.717) is 12.8 Å². The van der Waals surface area contributed by atoms with Crippen molar-refractivity contribution >= 4 is 23.2 Å². The van der Waals surface area contributed by atoms with Crippen LogP contribution in [0.1, 0.15) is 49.4 Å². The molecule has 1 aromatic rings. The third-order valence-electron chi connectivity index (χ3n) is 3.65. The monoisotopic (exact) mass is 282 g/mol. The molecule has 1 aliphatic rings. The molecule has 0 aliphatic heterocycles. The fourth-order valence-corrected chi connectivity index (χ4v) is 3.11. The number of aromatic nitrogens is 1. The molecule has 5 nitrogen and oxygen atoms in total. The fraction of sp³-hybridized carbons (Fsp3) is 0.615. The van der Waals surface area contributed by atoms with Gasteiger partial charge in [-0.15, -0.1) is 11.3 Å². The minimum Gasteiger partial charge on any atom is -0.481 e. The van der Waals surface area contributed by atoms with Crippen LogP contribution in [0.2, 0.25) is 0 Å². The van der Waals surface area contributed by atoms with E-state index in [2.05, 4.69) is 10.3 Å². The van der Waals surface area contributed by atoms with Gasteiger partial charge in [-0.3, -0.25) is 9.59 Å². The summed E-state index contributed by atoms with van der Waals surface area (Å²) >= 11 is 1.50. The number of carbonyl (C=O) groups excluding carboxylic acids is 1. The zero-order valence-electron chi connectivity index (χ0n) is 11.1. The molecule has 2 N–H and O–H groups in total. The summed E-state index contributed by atoms with van der Waals surface area (Å²) in [6, 6.07) is -0.169. The molecule has 19 heavy (non-hydrogen) atoms. The van der Waals surface area contributed by atoms with E-state index < -0.39 is 11.4 Å². The number of hydrogen-bond acceptors (Lipinski definition) is 4. The molecule has 0 radical (unpaired) electrons. The van der Waals surface area contributed by atoms with Crippen LogP contribution in [-0.4, -0.2) is 22.0 Å². The first-order valence-corrected chi connectivity index (χ1v) is 7.26. The van der Waals surface area contributed by atoms with E-state index in [4.69, 9.17) is 0 Å². The molecule has 2 rings (SSSR count). The van der Waals surface area contributed by atoms with Crippen molar-refractivity contribution in [2.24, 2.45) is 5.41 Å². The summed E-state index contributed by atoms with van der Waals surface area (Å²) in [7, 11) is 0. The van der Waals surface area contributed by atoms with Gasteiger partial charge in [0.1, 0.15) is 5.01 Å². The Balaban J connectivity index is 1.92. The predicted octanol–water partition coefficient (Wildman–Crippen LogP) is 2.27. The lowest BCUT2D eigenvalue weighted by atomic mass is 9.66. The molecule has 0 spiro atoms. The standard InChI is InChI=1S/C13H18N2O3S/c1-8-7-19-11(14-8)9(2)15-10(16)6-13(12(17)18)4-3-5-13/h7,9H,3-6H2,1-2H3,(H,15,16)(H,17,18). The van der Waals surface area contributed by atoms with Gasteiger partial charge in [0.25, 0.3) is 0 Å². The molecule has 1 unspecified atom stereocenters. The number of nitrogens with zero attached hydrogens (tertiary/aromatic N) is 1. The van der Waals surface area contributed by atoms with E-state index in [1.165, 1.54) is 11.3 Å². The highest BCUT2D eigenvalue weighted by Crippen LogP contribution is 2.44. The van der Waals surface area contributed by atoms with E-state index >= 15 is 0 Å². The first-order chi connectivity index (χ1) is 8.93. The Labute approximate surface area is 116 Å². The summed E-state index contributed by atoms with van der Waals surface area (Å²) in [5.41, 5.74) is 0.102. The van der Waals surface area contributed by atoms with Gasteiger partial charge < -0.3 is 10.4 Å². The Kier molecular flexibility index (Phi) is 3.89. The van der Waals surface area contributed by atoms with Crippen LogP contribution in [0.5, 0.6) is 0 Å². The highest BCUT2D eigenvalue weighted by atomic mass is 32.1. The molecule has 1 saturated carbocycles. The maximum Gasteiger partial charge on any atom is 0.310 e. The number of nitrogens with one attached hydrogen (secondary N) is 1. The van der Waals surface area contributed by atoms with E-state index in [1.807, 2.05) is 19.2 Å². The molecule has 0 bridgehead atoms. The van der Waals surface area contributed by atoms with Crippen LogP contribution in [0.25, 0.3) is 0 Å². The maximum absolute atomic E-state index is 11.9. The predicted molar refractivity (Wildman–Crippen MR) is 71.9 cm³/mol. The lowest BCUT2D eigenvalue weighted by Crippen LogP contribution is -2.43. The molecule has 6 heteroatoms. The molecule has 0 saturated heterocycles. The Morgan fingerprint density at radius 1 is 1.58 bits per heavy atom. The van der Waals surface area contributed by atoms with Crippen LogP contribution in [0.4, 0.5) is 0 Å². The van der Waals surface area contributed by atoms with Crippen LogP contribution in [0.15, 0.2) is 5.38 Å². The topological polar surface area (TPSA) is 79.3 Å². The van der Waals surface area contributed by atoms with Crippen molar-refractivity contribution in [1.29, 1.82) is 0 Å². The molecular weight excluding hydrogens is 264 g/mol. The van der Waals surface area contributed by atoms with Gasteiger partial charge in [0.2, 0.25) is 5.91 Å². The van der Waals surface area contributed by atoms with Crippen LogP contribution < -0.4 is 5.32 Å². The van der Waals surface area contributed by atoms with Gasteiger partial charge in [0, 0.05) is 17.5 Å². The lowest BCUT2D eigenvalue weighted by Gasteiger charge is -2.37. The average molecular weight is 282 g/mol. The van der Waals surface area contributed by atoms with Gasteiger partial charge in [0.05, 0.1) is 11.5 Å². The van der Waals surface area contributed by atoms with Gasteiger partial charge in [-0.05, 0) is 26.7 Å². The molecular formula is C13H18N2O3S. The first-order valence-electron chi connectivity index (χ1n) is 6.38. The minimum absolute atomic E-state index is 0.0665. The summed E-state index contributed by atoms with van der Waals surface area (Å²) in [6.07, 6.45) is 2.15. The normalized spacial score (nSPS) is 18.4. The van der Waals surface area contributed by atoms with Crippen LogP contribution >= 0.6 is 11.3 Å². The zero-order valence-corrected chi connectivity index (χ0v) is 11.9. The highest BCUT2D eigenvalue weighted by molar-refractivity contribution is 7.09. The number of thiazole rings is 1. The summed E-state index contributed by atoms with van der Waals surface area (Å²) in [6.45, 7) is 3.77. The number of carboxylic acid groups (broad SMARTS) is 1. The Morgan fingerprint density at radius 3 is 2.68 bits per heavy atom. The van der Waals surface area contributed by atoms with Gasteiger partial charge in [-0.25, -0.2) is 4.98 Å². The van der Waals surface area contributed by atoms with Crippen molar-refractivity contribution in [1.82, 2.24) is 10.3 Å². The summed E-state index contributed by atoms with van der Waals surface area (Å²) in [4.78, 5) is 27.5. The summed E-state index contributed by atoms with van der Waals surface area (Å²) in [5, 5.41) is 14.8. The molecule has 0 aromatic carbocycles. The molecule has 1 fully saturated rings. The third-order valence-corrected chi connectivity index (χ3v) is 4.79. The summed E-state index contributed by atoms with van der Waals surface area (Å²) < 4.78 is 0. The number of carbonyl (C=O) groups is 2. The molecule has 1 aromatic heterocycles. The second-order valence-electron chi connectivity index (χ2n) is 5.23. The number of rotatable bonds is 5. The smallest absolute Gasteiger partial charge is 0.310 e. The Morgan fingerprint density at radius 2 is 2.26 bits per heavy atom. The number of aliphatic carboxylic acids is 1. The number of hydrogen-bond donors (Lipinski definition) is 2. The minimum atomic E-state index is -0.855. The van der Waals surface area contributed by atoms with Crippen molar-refractivity contribution in [3.63, 3.8) is 0 Å². The van der Waals surface area contributed by atoms with Crippen LogP contribution in [-0.2, 0) is 9.59 Å². The molecule has 1 amide bonds. The molecule has 1 aliphatic carbocycles. The third kappa shape index (κ3) is 2.94. The van der Waals surface area contributed by atoms with Crippen molar-refractivity contribution < 1.29 is 14.7 Å².